The number of hydrogen-bond donors (Lipinski definition) is 1. The van der Waals surface area contributed by atoms with Gasteiger partial charge in [0.2, 0.25) is 0 Å². The summed E-state index contributed by atoms with van der Waals surface area (Å²) in [4.78, 5) is 0. The fourth-order valence-corrected chi connectivity index (χ4v) is 1.87. The fourth-order valence-electron chi connectivity index (χ4n) is 1.87. The predicted molar refractivity (Wildman–Crippen MR) is 69.9 cm³/mol. The van der Waals surface area contributed by atoms with Crippen molar-refractivity contribution < 1.29 is 17.6 Å². The van der Waals surface area contributed by atoms with Crippen molar-refractivity contribution in [1.29, 1.82) is 0 Å². The molecule has 0 radical (unpaired) electrons. The van der Waals surface area contributed by atoms with Gasteiger partial charge in [0.25, 0.3) is 0 Å². The van der Waals surface area contributed by atoms with Gasteiger partial charge in [0.05, 0.1) is 5.56 Å². The molecule has 2 aromatic carbocycles. The van der Waals surface area contributed by atoms with Crippen LogP contribution in [0.4, 0.5) is 23.2 Å². The number of halogens is 4. The highest BCUT2D eigenvalue weighted by molar-refractivity contribution is 5.50. The van der Waals surface area contributed by atoms with Gasteiger partial charge >= 0.3 is 6.18 Å². The van der Waals surface area contributed by atoms with Crippen LogP contribution in [0.15, 0.2) is 42.5 Å². The Morgan fingerprint density at radius 1 is 1.05 bits per heavy atom. The van der Waals surface area contributed by atoms with Crippen molar-refractivity contribution in [3.63, 3.8) is 0 Å². The zero-order valence-corrected chi connectivity index (χ0v) is 10.8. The molecule has 0 aliphatic carbocycles. The van der Waals surface area contributed by atoms with Crippen LogP contribution in [-0.4, -0.2) is 0 Å². The van der Waals surface area contributed by atoms with E-state index in [2.05, 4.69) is 5.32 Å². The summed E-state index contributed by atoms with van der Waals surface area (Å²) in [6, 6.07) is 10.5. The van der Waals surface area contributed by atoms with E-state index >= 15 is 0 Å². The summed E-state index contributed by atoms with van der Waals surface area (Å²) in [6.45, 7) is 2.10. The van der Waals surface area contributed by atoms with Crippen molar-refractivity contribution in [2.75, 3.05) is 5.32 Å². The molecule has 106 valence electrons. The van der Waals surface area contributed by atoms with E-state index in [1.807, 2.05) is 31.2 Å². The molecule has 0 amide bonds. The highest BCUT2D eigenvalue weighted by Crippen LogP contribution is 2.32. The largest absolute Gasteiger partial charge is 0.419 e. The molecular formula is C15H13F4N. The first-order valence-corrected chi connectivity index (χ1v) is 6.03. The molecule has 0 aliphatic rings. The molecule has 0 heterocycles. The molecule has 0 unspecified atom stereocenters. The number of aryl methyl sites for hydroxylation is 1. The quantitative estimate of drug-likeness (QED) is 0.800. The summed E-state index contributed by atoms with van der Waals surface area (Å²) in [5.41, 5.74) is 0.972. The summed E-state index contributed by atoms with van der Waals surface area (Å²) in [5.74, 6) is -1.25. The minimum absolute atomic E-state index is 0.203. The second-order valence-electron chi connectivity index (χ2n) is 4.48. The highest BCUT2D eigenvalue weighted by atomic mass is 19.4. The Balaban J connectivity index is 2.17. The molecule has 0 atom stereocenters. The molecule has 0 bridgehead atoms. The molecule has 0 aromatic heterocycles. The SMILES string of the molecule is Cc1ccccc1NCc1ccc(F)c(C(F)(F)F)c1. The lowest BCUT2D eigenvalue weighted by atomic mass is 10.1. The Bertz CT molecular complexity index is 605. The lowest BCUT2D eigenvalue weighted by molar-refractivity contribution is -0.140. The van der Waals surface area contributed by atoms with E-state index in [1.54, 1.807) is 0 Å². The smallest absolute Gasteiger partial charge is 0.381 e. The average Bonchev–Trinajstić information content (AvgIpc) is 2.38. The van der Waals surface area contributed by atoms with Crippen LogP contribution in [0.25, 0.3) is 0 Å². The van der Waals surface area contributed by atoms with Gasteiger partial charge in [-0.1, -0.05) is 24.3 Å². The van der Waals surface area contributed by atoms with Crippen molar-refractivity contribution in [1.82, 2.24) is 0 Å². The minimum Gasteiger partial charge on any atom is -0.381 e. The monoisotopic (exact) mass is 283 g/mol. The molecule has 0 aliphatic heterocycles. The third-order valence-corrected chi connectivity index (χ3v) is 2.96. The van der Waals surface area contributed by atoms with Gasteiger partial charge in [-0.25, -0.2) is 4.39 Å². The summed E-state index contributed by atoms with van der Waals surface area (Å²) >= 11 is 0. The fraction of sp³-hybridized carbons (Fsp3) is 0.200. The maximum atomic E-state index is 13.2. The lowest BCUT2D eigenvalue weighted by Crippen LogP contribution is -2.10. The third-order valence-electron chi connectivity index (χ3n) is 2.96. The van der Waals surface area contributed by atoms with Crippen molar-refractivity contribution in [2.45, 2.75) is 19.6 Å². The molecule has 20 heavy (non-hydrogen) atoms. The number of para-hydroxylation sites is 1. The van der Waals surface area contributed by atoms with Crippen LogP contribution in [0.1, 0.15) is 16.7 Å². The van der Waals surface area contributed by atoms with Gasteiger partial charge in [0.1, 0.15) is 5.82 Å². The number of hydrogen-bond acceptors (Lipinski definition) is 1. The topological polar surface area (TPSA) is 12.0 Å². The Morgan fingerprint density at radius 2 is 1.75 bits per heavy atom. The van der Waals surface area contributed by atoms with Crippen LogP contribution in [0.2, 0.25) is 0 Å². The van der Waals surface area contributed by atoms with Crippen LogP contribution >= 0.6 is 0 Å². The normalized spacial score (nSPS) is 11.4. The second-order valence-corrected chi connectivity index (χ2v) is 4.48. The van der Waals surface area contributed by atoms with Gasteiger partial charge in [-0.15, -0.1) is 0 Å². The number of alkyl halides is 3. The first-order valence-electron chi connectivity index (χ1n) is 6.03. The molecule has 2 aromatic rings. The number of rotatable bonds is 3. The van der Waals surface area contributed by atoms with E-state index in [0.29, 0.717) is 5.56 Å². The van der Waals surface area contributed by atoms with Gasteiger partial charge in [0, 0.05) is 12.2 Å². The van der Waals surface area contributed by atoms with Crippen LogP contribution in [-0.2, 0) is 12.7 Å². The van der Waals surface area contributed by atoms with E-state index in [1.165, 1.54) is 6.07 Å². The first kappa shape index (κ1) is 14.4. The zero-order chi connectivity index (χ0) is 14.8. The molecule has 0 saturated heterocycles. The van der Waals surface area contributed by atoms with Gasteiger partial charge in [-0.3, -0.25) is 0 Å². The predicted octanol–water partition coefficient (Wildman–Crippen LogP) is 4.77. The number of anilines is 1. The molecule has 1 nitrogen and oxygen atoms in total. The zero-order valence-electron chi connectivity index (χ0n) is 10.8. The minimum atomic E-state index is -4.68. The van der Waals surface area contributed by atoms with E-state index < -0.39 is 17.6 Å². The van der Waals surface area contributed by atoms with Crippen LogP contribution in [0.5, 0.6) is 0 Å². The molecule has 5 heteroatoms. The van der Waals surface area contributed by atoms with E-state index in [9.17, 15) is 17.6 Å². The molecular weight excluding hydrogens is 270 g/mol. The van der Waals surface area contributed by atoms with Gasteiger partial charge in [-0.2, -0.15) is 13.2 Å². The van der Waals surface area contributed by atoms with Gasteiger partial charge < -0.3 is 5.32 Å². The standard InChI is InChI=1S/C15H13F4N/c1-10-4-2-3-5-14(10)20-9-11-6-7-13(16)12(8-11)15(17,18)19/h2-8,20H,9H2,1H3. The number of benzene rings is 2. The Hall–Kier alpha value is -2.04. The third kappa shape index (κ3) is 3.29. The van der Waals surface area contributed by atoms with Crippen molar-refractivity contribution >= 4 is 5.69 Å². The van der Waals surface area contributed by atoms with Crippen molar-refractivity contribution in [3.8, 4) is 0 Å². The molecule has 0 saturated carbocycles. The Kier molecular flexibility index (Phi) is 3.97. The summed E-state index contributed by atoms with van der Waals surface area (Å²) in [6.07, 6.45) is -4.68. The summed E-state index contributed by atoms with van der Waals surface area (Å²) in [7, 11) is 0. The van der Waals surface area contributed by atoms with E-state index in [-0.39, 0.29) is 6.54 Å². The first-order chi connectivity index (χ1) is 9.38. The van der Waals surface area contributed by atoms with Crippen LogP contribution in [0, 0.1) is 12.7 Å². The van der Waals surface area contributed by atoms with Crippen molar-refractivity contribution in [2.24, 2.45) is 0 Å². The lowest BCUT2D eigenvalue weighted by Gasteiger charge is -2.12. The average molecular weight is 283 g/mol. The Labute approximate surface area is 114 Å². The maximum Gasteiger partial charge on any atom is 0.419 e. The van der Waals surface area contributed by atoms with E-state index in [4.69, 9.17) is 0 Å². The number of nitrogens with one attached hydrogen (secondary N) is 1. The second kappa shape index (κ2) is 5.53. The maximum absolute atomic E-state index is 13.2. The molecule has 2 rings (SSSR count). The van der Waals surface area contributed by atoms with Crippen LogP contribution in [0.3, 0.4) is 0 Å². The molecule has 0 spiro atoms. The van der Waals surface area contributed by atoms with E-state index in [0.717, 1.165) is 23.4 Å². The summed E-state index contributed by atoms with van der Waals surface area (Å²) in [5, 5.41) is 3.04. The Morgan fingerprint density at radius 3 is 2.40 bits per heavy atom. The van der Waals surface area contributed by atoms with Gasteiger partial charge in [0.15, 0.2) is 0 Å². The van der Waals surface area contributed by atoms with Crippen LogP contribution < -0.4 is 5.32 Å². The summed E-state index contributed by atoms with van der Waals surface area (Å²) < 4.78 is 50.9. The highest BCUT2D eigenvalue weighted by Gasteiger charge is 2.34. The van der Waals surface area contributed by atoms with Crippen molar-refractivity contribution in [3.05, 3.63) is 65.0 Å². The molecule has 1 N–H and O–H groups in total. The van der Waals surface area contributed by atoms with Gasteiger partial charge in [-0.05, 0) is 36.2 Å². The molecule has 0 fully saturated rings.